The summed E-state index contributed by atoms with van der Waals surface area (Å²) in [5, 5.41) is 2.98. The van der Waals surface area contributed by atoms with Crippen molar-refractivity contribution in [3.8, 4) is 0 Å². The smallest absolute Gasteiger partial charge is 0.249 e. The number of hydrogen-bond donors (Lipinski definition) is 2. The number of carbonyl (C=O) groups is 1. The number of nitrogens with one attached hydrogen (secondary N) is 2. The second-order valence-electron chi connectivity index (χ2n) is 4.50. The minimum absolute atomic E-state index is 0.0865. The maximum absolute atomic E-state index is 12.0. The van der Waals surface area contributed by atoms with E-state index in [2.05, 4.69) is 10.0 Å². The fourth-order valence-electron chi connectivity index (χ4n) is 1.78. The van der Waals surface area contributed by atoms with Gasteiger partial charge in [-0.15, -0.1) is 0 Å². The summed E-state index contributed by atoms with van der Waals surface area (Å²) in [6, 6.07) is 5.98. The van der Waals surface area contributed by atoms with E-state index in [1.165, 1.54) is 12.1 Å². The Morgan fingerprint density at radius 3 is 2.64 bits per heavy atom. The van der Waals surface area contributed by atoms with Gasteiger partial charge in [-0.05, 0) is 31.5 Å². The second kappa shape index (κ2) is 9.09. The molecule has 0 saturated carbocycles. The van der Waals surface area contributed by atoms with Crippen molar-refractivity contribution in [2.45, 2.75) is 31.3 Å². The van der Waals surface area contributed by atoms with Crippen molar-refractivity contribution in [3.63, 3.8) is 0 Å². The number of hydrogen-bond acceptors (Lipinski definition) is 4. The highest BCUT2D eigenvalue weighted by Gasteiger charge is 2.17. The number of carbonyl (C=O) groups excluding carboxylic acids is 1. The molecule has 0 radical (unpaired) electrons. The SMILES string of the molecule is CCO[C@@H](CC)C(=O)NCCNS(=O)(=O)c1cccc(Cl)c1. The Morgan fingerprint density at radius 2 is 2.05 bits per heavy atom. The number of amides is 1. The minimum Gasteiger partial charge on any atom is -0.369 e. The van der Waals surface area contributed by atoms with Crippen LogP contribution in [-0.4, -0.2) is 40.1 Å². The van der Waals surface area contributed by atoms with Gasteiger partial charge >= 0.3 is 0 Å². The van der Waals surface area contributed by atoms with Crippen molar-refractivity contribution in [2.24, 2.45) is 0 Å². The molecule has 1 atom stereocenters. The highest BCUT2D eigenvalue weighted by Crippen LogP contribution is 2.14. The molecule has 0 saturated heterocycles. The monoisotopic (exact) mass is 348 g/mol. The van der Waals surface area contributed by atoms with Gasteiger partial charge in [0.25, 0.3) is 0 Å². The zero-order valence-electron chi connectivity index (χ0n) is 12.6. The standard InChI is InChI=1S/C14H21ClN2O4S/c1-3-13(21-4-2)14(18)16-8-9-17-22(19,20)12-7-5-6-11(15)10-12/h5-7,10,13,17H,3-4,8-9H2,1-2H3,(H,16,18)/t13-/m0/s1. The van der Waals surface area contributed by atoms with Crippen LogP contribution in [0.3, 0.4) is 0 Å². The summed E-state index contributed by atoms with van der Waals surface area (Å²) in [5.41, 5.74) is 0. The molecule has 2 N–H and O–H groups in total. The predicted molar refractivity (Wildman–Crippen MR) is 85.4 cm³/mol. The lowest BCUT2D eigenvalue weighted by Crippen LogP contribution is -2.40. The molecule has 0 bridgehead atoms. The molecule has 0 heterocycles. The molecule has 0 aromatic heterocycles. The fraction of sp³-hybridized carbons (Fsp3) is 0.500. The van der Waals surface area contributed by atoms with Crippen LogP contribution in [-0.2, 0) is 19.6 Å². The predicted octanol–water partition coefficient (Wildman–Crippen LogP) is 1.55. The van der Waals surface area contributed by atoms with Crippen molar-refractivity contribution < 1.29 is 17.9 Å². The molecular formula is C14H21ClN2O4S. The molecule has 1 rings (SSSR count). The molecule has 8 heteroatoms. The first kappa shape index (κ1) is 18.9. The van der Waals surface area contributed by atoms with Crippen LogP contribution in [0.5, 0.6) is 0 Å². The molecule has 0 fully saturated rings. The average Bonchev–Trinajstić information content (AvgIpc) is 2.49. The molecule has 22 heavy (non-hydrogen) atoms. The number of ether oxygens (including phenoxy) is 1. The Kier molecular flexibility index (Phi) is 7.81. The third-order valence-electron chi connectivity index (χ3n) is 2.85. The van der Waals surface area contributed by atoms with Crippen molar-refractivity contribution in [1.82, 2.24) is 10.0 Å². The third-order valence-corrected chi connectivity index (χ3v) is 4.55. The Hall–Kier alpha value is -1.15. The van der Waals surface area contributed by atoms with Crippen molar-refractivity contribution in [2.75, 3.05) is 19.7 Å². The summed E-state index contributed by atoms with van der Waals surface area (Å²) in [4.78, 5) is 11.9. The molecule has 0 aliphatic heterocycles. The minimum atomic E-state index is -3.63. The van der Waals surface area contributed by atoms with Gasteiger partial charge in [-0.1, -0.05) is 24.6 Å². The van der Waals surface area contributed by atoms with Crippen molar-refractivity contribution >= 4 is 27.5 Å². The van der Waals surface area contributed by atoms with Crippen LogP contribution in [0.4, 0.5) is 0 Å². The number of benzene rings is 1. The van der Waals surface area contributed by atoms with Gasteiger partial charge in [0.2, 0.25) is 15.9 Å². The first-order valence-electron chi connectivity index (χ1n) is 7.05. The fourth-order valence-corrected chi connectivity index (χ4v) is 3.11. The molecule has 0 spiro atoms. The summed E-state index contributed by atoms with van der Waals surface area (Å²) in [7, 11) is -3.63. The molecule has 1 aromatic rings. The van der Waals surface area contributed by atoms with E-state index in [0.717, 1.165) is 0 Å². The van der Waals surface area contributed by atoms with Gasteiger partial charge in [0.15, 0.2) is 0 Å². The van der Waals surface area contributed by atoms with E-state index in [0.29, 0.717) is 18.1 Å². The second-order valence-corrected chi connectivity index (χ2v) is 6.70. The maximum Gasteiger partial charge on any atom is 0.249 e. The van der Waals surface area contributed by atoms with Crippen LogP contribution in [0.2, 0.25) is 5.02 Å². The highest BCUT2D eigenvalue weighted by molar-refractivity contribution is 7.89. The number of rotatable bonds is 9. The van der Waals surface area contributed by atoms with Gasteiger partial charge in [0.1, 0.15) is 6.10 Å². The van der Waals surface area contributed by atoms with Crippen molar-refractivity contribution in [3.05, 3.63) is 29.3 Å². The first-order chi connectivity index (χ1) is 10.4. The average molecular weight is 349 g/mol. The third kappa shape index (κ3) is 5.92. The molecule has 6 nitrogen and oxygen atoms in total. The van der Waals surface area contributed by atoms with E-state index in [4.69, 9.17) is 16.3 Å². The van der Waals surface area contributed by atoms with Gasteiger partial charge < -0.3 is 10.1 Å². The summed E-state index contributed by atoms with van der Waals surface area (Å²) in [5.74, 6) is -0.244. The molecule has 0 unspecified atom stereocenters. The van der Waals surface area contributed by atoms with E-state index in [1.807, 2.05) is 13.8 Å². The lowest BCUT2D eigenvalue weighted by Gasteiger charge is -2.15. The van der Waals surface area contributed by atoms with Crippen molar-refractivity contribution in [1.29, 1.82) is 0 Å². The Labute approximate surface area is 136 Å². The number of halogens is 1. The molecular weight excluding hydrogens is 328 g/mol. The Morgan fingerprint density at radius 1 is 1.32 bits per heavy atom. The maximum atomic E-state index is 12.0. The van der Waals surface area contributed by atoms with Gasteiger partial charge in [-0.3, -0.25) is 4.79 Å². The number of sulfonamides is 1. The molecule has 0 aliphatic carbocycles. The van der Waals surface area contributed by atoms with E-state index >= 15 is 0 Å². The van der Waals surface area contributed by atoms with E-state index < -0.39 is 16.1 Å². The van der Waals surface area contributed by atoms with E-state index in [9.17, 15) is 13.2 Å². The zero-order chi connectivity index (χ0) is 16.6. The van der Waals surface area contributed by atoms with Gasteiger partial charge in [-0.25, -0.2) is 13.1 Å². The lowest BCUT2D eigenvalue weighted by atomic mass is 10.2. The van der Waals surface area contributed by atoms with E-state index in [-0.39, 0.29) is 23.9 Å². The van der Waals surface area contributed by atoms with Gasteiger partial charge in [0.05, 0.1) is 4.90 Å². The molecule has 124 valence electrons. The quantitative estimate of drug-likeness (QED) is 0.663. The van der Waals surface area contributed by atoms with Crippen LogP contribution in [0.15, 0.2) is 29.2 Å². The van der Waals surface area contributed by atoms with Gasteiger partial charge in [0, 0.05) is 24.7 Å². The molecule has 1 aromatic carbocycles. The summed E-state index contributed by atoms with van der Waals surface area (Å²) in [6.45, 7) is 4.38. The van der Waals surface area contributed by atoms with Crippen LogP contribution in [0, 0.1) is 0 Å². The van der Waals surface area contributed by atoms with E-state index in [1.54, 1.807) is 12.1 Å². The topological polar surface area (TPSA) is 84.5 Å². The first-order valence-corrected chi connectivity index (χ1v) is 8.91. The highest BCUT2D eigenvalue weighted by atomic mass is 35.5. The summed E-state index contributed by atoms with van der Waals surface area (Å²) < 4.78 is 31.7. The zero-order valence-corrected chi connectivity index (χ0v) is 14.2. The lowest BCUT2D eigenvalue weighted by molar-refractivity contribution is -0.132. The van der Waals surface area contributed by atoms with Crippen LogP contribution >= 0.6 is 11.6 Å². The normalized spacial score (nSPS) is 12.9. The largest absolute Gasteiger partial charge is 0.369 e. The molecule has 0 aliphatic rings. The Bertz CT molecular complexity index is 592. The van der Waals surface area contributed by atoms with Crippen LogP contribution < -0.4 is 10.0 Å². The van der Waals surface area contributed by atoms with Gasteiger partial charge in [-0.2, -0.15) is 0 Å². The summed E-state index contributed by atoms with van der Waals surface area (Å²) >= 11 is 5.77. The Balaban J connectivity index is 2.45. The molecule has 1 amide bonds. The van der Waals surface area contributed by atoms with Crippen LogP contribution in [0.25, 0.3) is 0 Å². The summed E-state index contributed by atoms with van der Waals surface area (Å²) in [6.07, 6.45) is 0.0583. The van der Waals surface area contributed by atoms with Crippen LogP contribution in [0.1, 0.15) is 20.3 Å².